The Morgan fingerprint density at radius 3 is 2.68 bits per heavy atom. The van der Waals surface area contributed by atoms with Crippen LogP contribution in [0.3, 0.4) is 0 Å². The van der Waals surface area contributed by atoms with Crippen molar-refractivity contribution < 1.29 is 19.1 Å². The summed E-state index contributed by atoms with van der Waals surface area (Å²) in [5.74, 6) is 0.656. The molecule has 3 rings (SSSR count). The number of morpholine rings is 1. The Hall–Kier alpha value is -1.14. The van der Waals surface area contributed by atoms with E-state index in [1.165, 1.54) is 0 Å². The fourth-order valence-corrected chi connectivity index (χ4v) is 4.26. The molecule has 3 saturated heterocycles. The average Bonchev–Trinajstić information content (AvgIpc) is 2.76. The van der Waals surface area contributed by atoms with Gasteiger partial charge in [-0.15, -0.1) is 0 Å². The van der Waals surface area contributed by atoms with Gasteiger partial charge < -0.3 is 19.3 Å². The average molecular weight is 352 g/mol. The SMILES string of the molecule is CC(C)N1CCCCC2(CN(C(=O)CC3CCOCC3)CCO2)C1=O. The predicted octanol–water partition coefficient (Wildman–Crippen LogP) is 1.82. The molecule has 0 aromatic rings. The minimum atomic E-state index is -0.829. The molecular weight excluding hydrogens is 320 g/mol. The molecule has 0 aliphatic carbocycles. The molecule has 3 aliphatic heterocycles. The molecule has 0 saturated carbocycles. The molecule has 25 heavy (non-hydrogen) atoms. The molecule has 0 N–H and O–H groups in total. The summed E-state index contributed by atoms with van der Waals surface area (Å²) < 4.78 is 11.4. The minimum Gasteiger partial charge on any atom is -0.381 e. The van der Waals surface area contributed by atoms with E-state index in [0.29, 0.717) is 32.0 Å². The van der Waals surface area contributed by atoms with Crippen molar-refractivity contribution >= 4 is 11.8 Å². The summed E-state index contributed by atoms with van der Waals surface area (Å²) >= 11 is 0. The molecule has 3 fully saturated rings. The van der Waals surface area contributed by atoms with Gasteiger partial charge in [-0.1, -0.05) is 0 Å². The highest BCUT2D eigenvalue weighted by Crippen LogP contribution is 2.31. The number of likely N-dealkylation sites (tertiary alicyclic amines) is 1. The zero-order chi connectivity index (χ0) is 17.9. The van der Waals surface area contributed by atoms with Crippen molar-refractivity contribution in [2.75, 3.05) is 39.5 Å². The number of nitrogens with zero attached hydrogens (tertiary/aromatic N) is 2. The number of rotatable bonds is 3. The molecule has 3 heterocycles. The number of carbonyl (C=O) groups is 2. The lowest BCUT2D eigenvalue weighted by molar-refractivity contribution is -0.175. The zero-order valence-corrected chi connectivity index (χ0v) is 15.7. The maximum absolute atomic E-state index is 13.2. The van der Waals surface area contributed by atoms with Crippen LogP contribution in [0, 0.1) is 5.92 Å². The van der Waals surface area contributed by atoms with Crippen LogP contribution in [0.25, 0.3) is 0 Å². The second-order valence-electron chi connectivity index (χ2n) is 7.97. The smallest absolute Gasteiger partial charge is 0.256 e. The van der Waals surface area contributed by atoms with Crippen LogP contribution in [0.5, 0.6) is 0 Å². The van der Waals surface area contributed by atoms with E-state index in [0.717, 1.165) is 51.9 Å². The van der Waals surface area contributed by atoms with Gasteiger partial charge in [-0.2, -0.15) is 0 Å². The molecule has 0 radical (unpaired) electrons. The summed E-state index contributed by atoms with van der Waals surface area (Å²) in [5.41, 5.74) is -0.829. The van der Waals surface area contributed by atoms with E-state index in [2.05, 4.69) is 0 Å². The Labute approximate surface area is 150 Å². The summed E-state index contributed by atoms with van der Waals surface area (Å²) in [6.07, 6.45) is 5.18. The molecule has 0 aromatic carbocycles. The number of ether oxygens (including phenoxy) is 2. The van der Waals surface area contributed by atoms with Crippen LogP contribution < -0.4 is 0 Å². The van der Waals surface area contributed by atoms with E-state index < -0.39 is 5.60 Å². The largest absolute Gasteiger partial charge is 0.381 e. The summed E-state index contributed by atoms with van der Waals surface area (Å²) in [4.78, 5) is 29.8. The minimum absolute atomic E-state index is 0.0727. The van der Waals surface area contributed by atoms with Gasteiger partial charge in [0.15, 0.2) is 5.60 Å². The number of amides is 2. The maximum Gasteiger partial charge on any atom is 0.256 e. The van der Waals surface area contributed by atoms with E-state index in [4.69, 9.17) is 9.47 Å². The quantitative estimate of drug-likeness (QED) is 0.777. The Kier molecular flexibility index (Phi) is 6.00. The fraction of sp³-hybridized carbons (Fsp3) is 0.895. The summed E-state index contributed by atoms with van der Waals surface area (Å²) in [6.45, 7) is 7.87. The van der Waals surface area contributed by atoms with Gasteiger partial charge in [-0.25, -0.2) is 0 Å². The standard InChI is InChI=1S/C19H32N2O4/c1-15(2)21-8-4-3-7-19(18(21)23)14-20(9-12-25-19)17(22)13-16-5-10-24-11-6-16/h15-16H,3-14H2,1-2H3. The molecule has 142 valence electrons. The molecular formula is C19H32N2O4. The molecule has 0 bridgehead atoms. The fourth-order valence-electron chi connectivity index (χ4n) is 4.26. The summed E-state index contributed by atoms with van der Waals surface area (Å²) in [6, 6.07) is 0.166. The Morgan fingerprint density at radius 1 is 1.20 bits per heavy atom. The third-order valence-electron chi connectivity index (χ3n) is 5.85. The lowest BCUT2D eigenvalue weighted by Crippen LogP contribution is -2.61. The molecule has 2 amide bonds. The van der Waals surface area contributed by atoms with Gasteiger partial charge in [0.05, 0.1) is 13.2 Å². The second kappa shape index (κ2) is 8.04. The van der Waals surface area contributed by atoms with E-state index >= 15 is 0 Å². The molecule has 0 aromatic heterocycles. The molecule has 1 spiro atoms. The highest BCUT2D eigenvalue weighted by molar-refractivity contribution is 5.87. The van der Waals surface area contributed by atoms with Gasteiger partial charge in [0.1, 0.15) is 0 Å². The van der Waals surface area contributed by atoms with Crippen LogP contribution in [0.2, 0.25) is 0 Å². The second-order valence-corrected chi connectivity index (χ2v) is 7.97. The molecule has 1 unspecified atom stereocenters. The van der Waals surface area contributed by atoms with Crippen LogP contribution in [-0.2, 0) is 19.1 Å². The first kappa shape index (κ1) is 18.6. The highest BCUT2D eigenvalue weighted by Gasteiger charge is 2.48. The van der Waals surface area contributed by atoms with Gasteiger partial charge in [-0.05, 0) is 51.9 Å². The number of carbonyl (C=O) groups excluding carboxylic acids is 2. The van der Waals surface area contributed by atoms with Crippen LogP contribution >= 0.6 is 0 Å². The van der Waals surface area contributed by atoms with Crippen molar-refractivity contribution in [3.8, 4) is 0 Å². The van der Waals surface area contributed by atoms with Crippen molar-refractivity contribution in [2.45, 2.75) is 64.0 Å². The number of hydrogen-bond acceptors (Lipinski definition) is 4. The summed E-state index contributed by atoms with van der Waals surface area (Å²) in [7, 11) is 0. The normalized spacial score (nSPS) is 29.3. The van der Waals surface area contributed by atoms with E-state index in [1.807, 2.05) is 23.6 Å². The molecule has 6 heteroatoms. The van der Waals surface area contributed by atoms with Crippen LogP contribution in [0.15, 0.2) is 0 Å². The van der Waals surface area contributed by atoms with Crippen molar-refractivity contribution in [3.05, 3.63) is 0 Å². The lowest BCUT2D eigenvalue weighted by Gasteiger charge is -2.43. The topological polar surface area (TPSA) is 59.1 Å². The highest BCUT2D eigenvalue weighted by atomic mass is 16.5. The van der Waals surface area contributed by atoms with Crippen molar-refractivity contribution in [3.63, 3.8) is 0 Å². The first-order valence-corrected chi connectivity index (χ1v) is 9.82. The number of hydrogen-bond donors (Lipinski definition) is 0. The van der Waals surface area contributed by atoms with E-state index in [-0.39, 0.29) is 17.9 Å². The predicted molar refractivity (Wildman–Crippen MR) is 94.1 cm³/mol. The first-order chi connectivity index (χ1) is 12.0. The molecule has 6 nitrogen and oxygen atoms in total. The first-order valence-electron chi connectivity index (χ1n) is 9.82. The van der Waals surface area contributed by atoms with E-state index in [9.17, 15) is 9.59 Å². The van der Waals surface area contributed by atoms with Gasteiger partial charge in [0, 0.05) is 38.8 Å². The van der Waals surface area contributed by atoms with E-state index in [1.54, 1.807) is 0 Å². The van der Waals surface area contributed by atoms with Crippen LogP contribution in [0.4, 0.5) is 0 Å². The lowest BCUT2D eigenvalue weighted by atomic mass is 9.92. The third kappa shape index (κ3) is 4.17. The Balaban J connectivity index is 1.68. The van der Waals surface area contributed by atoms with Crippen LogP contribution in [0.1, 0.15) is 52.4 Å². The van der Waals surface area contributed by atoms with Gasteiger partial charge in [0.25, 0.3) is 5.91 Å². The van der Waals surface area contributed by atoms with Crippen LogP contribution in [-0.4, -0.2) is 72.7 Å². The van der Waals surface area contributed by atoms with Gasteiger partial charge in [0.2, 0.25) is 5.91 Å². The van der Waals surface area contributed by atoms with Gasteiger partial charge >= 0.3 is 0 Å². The third-order valence-corrected chi connectivity index (χ3v) is 5.85. The molecule has 1 atom stereocenters. The van der Waals surface area contributed by atoms with Gasteiger partial charge in [-0.3, -0.25) is 9.59 Å². The monoisotopic (exact) mass is 352 g/mol. The van der Waals surface area contributed by atoms with Crippen molar-refractivity contribution in [2.24, 2.45) is 5.92 Å². The zero-order valence-electron chi connectivity index (χ0n) is 15.7. The van der Waals surface area contributed by atoms with Crippen molar-refractivity contribution in [1.82, 2.24) is 9.80 Å². The summed E-state index contributed by atoms with van der Waals surface area (Å²) in [5, 5.41) is 0. The van der Waals surface area contributed by atoms with Crippen molar-refractivity contribution in [1.29, 1.82) is 0 Å². The Bertz CT molecular complexity index is 490. The maximum atomic E-state index is 13.2. The Morgan fingerprint density at radius 2 is 1.96 bits per heavy atom. The molecule has 3 aliphatic rings.